The molecule has 1 fully saturated rings. The Hall–Kier alpha value is -3.26. The van der Waals surface area contributed by atoms with Crippen LogP contribution in [0.25, 0.3) is 6.08 Å². The number of carbonyl (C=O) groups is 1. The molecule has 0 aromatic heterocycles. The molecule has 3 aromatic carbocycles. The van der Waals surface area contributed by atoms with Gasteiger partial charge in [-0.2, -0.15) is 4.72 Å². The standard InChI is InChI=1S/C28H31N3O3S/c32-28(31-21-19-30(20-22-31)18-10-15-24-11-4-1-5-12-24)27(23-25-13-6-2-7-14-25)29-35(33,34)26-16-8-3-9-17-26/h1-17,27,29H,18-23H2/b15-10+/t27-/m1/s1. The minimum Gasteiger partial charge on any atom is -0.339 e. The number of amides is 1. The minimum absolute atomic E-state index is 0.154. The maximum absolute atomic E-state index is 13.5. The highest BCUT2D eigenvalue weighted by molar-refractivity contribution is 7.89. The quantitative estimate of drug-likeness (QED) is 0.500. The maximum Gasteiger partial charge on any atom is 0.241 e. The van der Waals surface area contributed by atoms with Crippen LogP contribution < -0.4 is 4.72 Å². The van der Waals surface area contributed by atoms with Crippen molar-refractivity contribution in [2.75, 3.05) is 32.7 Å². The molecule has 0 spiro atoms. The van der Waals surface area contributed by atoms with Crippen molar-refractivity contribution in [3.05, 3.63) is 108 Å². The lowest BCUT2D eigenvalue weighted by Gasteiger charge is -2.36. The van der Waals surface area contributed by atoms with Crippen molar-refractivity contribution in [3.63, 3.8) is 0 Å². The first-order valence-electron chi connectivity index (χ1n) is 11.9. The SMILES string of the molecule is O=C([C@@H](Cc1ccccc1)NS(=O)(=O)c1ccccc1)N1CCN(C/C=C/c2ccccc2)CC1. The van der Waals surface area contributed by atoms with Crippen molar-refractivity contribution in [2.24, 2.45) is 0 Å². The maximum atomic E-state index is 13.5. The van der Waals surface area contributed by atoms with Gasteiger partial charge >= 0.3 is 0 Å². The molecule has 1 atom stereocenters. The van der Waals surface area contributed by atoms with Crippen LogP contribution in [-0.4, -0.2) is 62.9 Å². The zero-order valence-electron chi connectivity index (χ0n) is 19.7. The summed E-state index contributed by atoms with van der Waals surface area (Å²) in [6.07, 6.45) is 4.54. The van der Waals surface area contributed by atoms with Gasteiger partial charge in [0, 0.05) is 32.7 Å². The first kappa shape index (κ1) is 24.9. The van der Waals surface area contributed by atoms with Crippen LogP contribution >= 0.6 is 0 Å². The fourth-order valence-corrected chi connectivity index (χ4v) is 5.37. The van der Waals surface area contributed by atoms with E-state index in [2.05, 4.69) is 33.9 Å². The largest absolute Gasteiger partial charge is 0.339 e. The molecule has 182 valence electrons. The lowest BCUT2D eigenvalue weighted by Crippen LogP contribution is -2.55. The van der Waals surface area contributed by atoms with Crippen LogP contribution in [0, 0.1) is 0 Å². The number of carbonyl (C=O) groups excluding carboxylic acids is 1. The molecule has 3 aromatic rings. The summed E-state index contributed by atoms with van der Waals surface area (Å²) in [5, 5.41) is 0. The number of sulfonamides is 1. The molecule has 0 aliphatic carbocycles. The van der Waals surface area contributed by atoms with E-state index < -0.39 is 16.1 Å². The molecular formula is C28H31N3O3S. The van der Waals surface area contributed by atoms with Gasteiger partial charge in [0.1, 0.15) is 6.04 Å². The topological polar surface area (TPSA) is 69.7 Å². The third kappa shape index (κ3) is 7.11. The number of hydrogen-bond acceptors (Lipinski definition) is 4. The van der Waals surface area contributed by atoms with Crippen LogP contribution in [-0.2, 0) is 21.2 Å². The molecule has 1 heterocycles. The molecule has 7 heteroatoms. The first-order chi connectivity index (χ1) is 17.0. The number of nitrogens with zero attached hydrogens (tertiary/aromatic N) is 2. The molecule has 1 aliphatic rings. The number of nitrogens with one attached hydrogen (secondary N) is 1. The molecule has 1 aliphatic heterocycles. The minimum atomic E-state index is -3.83. The van der Waals surface area contributed by atoms with E-state index in [-0.39, 0.29) is 10.8 Å². The normalized spacial score (nSPS) is 15.8. The van der Waals surface area contributed by atoms with Crippen molar-refractivity contribution in [3.8, 4) is 0 Å². The lowest BCUT2D eigenvalue weighted by atomic mass is 10.1. The van der Waals surface area contributed by atoms with E-state index in [9.17, 15) is 13.2 Å². The van der Waals surface area contributed by atoms with E-state index in [1.165, 1.54) is 12.1 Å². The first-order valence-corrected chi connectivity index (χ1v) is 13.3. The molecule has 0 bridgehead atoms. The second kappa shape index (κ2) is 11.9. The molecule has 35 heavy (non-hydrogen) atoms. The summed E-state index contributed by atoms with van der Waals surface area (Å²) in [5.41, 5.74) is 2.07. The van der Waals surface area contributed by atoms with Crippen LogP contribution in [0.2, 0.25) is 0 Å². The van der Waals surface area contributed by atoms with Gasteiger partial charge in [-0.15, -0.1) is 0 Å². The highest BCUT2D eigenvalue weighted by atomic mass is 32.2. The van der Waals surface area contributed by atoms with E-state index in [1.807, 2.05) is 48.5 Å². The predicted molar refractivity (Wildman–Crippen MR) is 139 cm³/mol. The Morgan fingerprint density at radius 1 is 0.829 bits per heavy atom. The zero-order chi connectivity index (χ0) is 24.5. The van der Waals surface area contributed by atoms with Crippen molar-refractivity contribution < 1.29 is 13.2 Å². The summed E-state index contributed by atoms with van der Waals surface area (Å²) in [7, 11) is -3.83. The summed E-state index contributed by atoms with van der Waals surface area (Å²) in [4.78, 5) is 17.7. The van der Waals surface area contributed by atoms with Gasteiger partial charge in [0.25, 0.3) is 0 Å². The van der Waals surface area contributed by atoms with Crippen LogP contribution in [0.1, 0.15) is 11.1 Å². The van der Waals surface area contributed by atoms with Crippen molar-refractivity contribution >= 4 is 22.0 Å². The van der Waals surface area contributed by atoms with Gasteiger partial charge in [0.2, 0.25) is 15.9 Å². The molecule has 1 amide bonds. The average molecular weight is 490 g/mol. The lowest BCUT2D eigenvalue weighted by molar-refractivity contribution is -0.134. The Labute approximate surface area is 207 Å². The molecular weight excluding hydrogens is 458 g/mol. The van der Waals surface area contributed by atoms with Gasteiger partial charge in [-0.25, -0.2) is 8.42 Å². The van der Waals surface area contributed by atoms with Gasteiger partial charge in [-0.05, 0) is 29.7 Å². The molecule has 0 unspecified atom stereocenters. The number of piperazine rings is 1. The summed E-state index contributed by atoms with van der Waals surface area (Å²) in [6, 6.07) is 27.0. The number of rotatable bonds is 9. The van der Waals surface area contributed by atoms with Crippen LogP contribution in [0.15, 0.2) is 102 Å². The van der Waals surface area contributed by atoms with E-state index in [0.29, 0.717) is 19.5 Å². The van der Waals surface area contributed by atoms with Crippen LogP contribution in [0.4, 0.5) is 0 Å². The van der Waals surface area contributed by atoms with Gasteiger partial charge < -0.3 is 4.90 Å². The molecule has 1 saturated heterocycles. The van der Waals surface area contributed by atoms with Gasteiger partial charge in [0.15, 0.2) is 0 Å². The monoisotopic (exact) mass is 489 g/mol. The fourth-order valence-electron chi connectivity index (χ4n) is 4.16. The summed E-state index contributed by atoms with van der Waals surface area (Å²) < 4.78 is 28.7. The Kier molecular flexibility index (Phi) is 8.47. The number of benzene rings is 3. The van der Waals surface area contributed by atoms with Gasteiger partial charge in [-0.1, -0.05) is 91.0 Å². The molecule has 4 rings (SSSR count). The highest BCUT2D eigenvalue weighted by Crippen LogP contribution is 2.14. The summed E-state index contributed by atoms with van der Waals surface area (Å²) in [6.45, 7) is 3.43. The van der Waals surface area contributed by atoms with Crippen LogP contribution in [0.5, 0.6) is 0 Å². The van der Waals surface area contributed by atoms with Crippen molar-refractivity contribution in [2.45, 2.75) is 17.4 Å². The van der Waals surface area contributed by atoms with Crippen LogP contribution in [0.3, 0.4) is 0 Å². The third-order valence-corrected chi connectivity index (χ3v) is 7.58. The molecule has 1 N–H and O–H groups in total. The van der Waals surface area contributed by atoms with E-state index in [0.717, 1.165) is 30.8 Å². The van der Waals surface area contributed by atoms with Crippen molar-refractivity contribution in [1.82, 2.24) is 14.5 Å². The Balaban J connectivity index is 1.40. The summed E-state index contributed by atoms with van der Waals surface area (Å²) >= 11 is 0. The second-order valence-electron chi connectivity index (χ2n) is 8.62. The zero-order valence-corrected chi connectivity index (χ0v) is 20.5. The molecule has 0 radical (unpaired) electrons. The fraction of sp³-hybridized carbons (Fsp3) is 0.250. The van der Waals surface area contributed by atoms with Crippen molar-refractivity contribution in [1.29, 1.82) is 0 Å². The Bertz CT molecular complexity index is 1210. The van der Waals surface area contributed by atoms with Gasteiger partial charge in [0.05, 0.1) is 4.90 Å². The summed E-state index contributed by atoms with van der Waals surface area (Å²) in [5.74, 6) is -0.187. The average Bonchev–Trinajstić information content (AvgIpc) is 2.90. The second-order valence-corrected chi connectivity index (χ2v) is 10.3. The smallest absolute Gasteiger partial charge is 0.241 e. The third-order valence-electron chi connectivity index (χ3n) is 6.09. The Morgan fingerprint density at radius 2 is 1.40 bits per heavy atom. The number of hydrogen-bond donors (Lipinski definition) is 1. The Morgan fingerprint density at radius 3 is 2.03 bits per heavy atom. The molecule has 6 nitrogen and oxygen atoms in total. The van der Waals surface area contributed by atoms with Gasteiger partial charge in [-0.3, -0.25) is 9.69 Å². The van der Waals surface area contributed by atoms with E-state index >= 15 is 0 Å². The van der Waals surface area contributed by atoms with E-state index in [1.54, 1.807) is 23.1 Å². The van der Waals surface area contributed by atoms with E-state index in [4.69, 9.17) is 0 Å². The highest BCUT2D eigenvalue weighted by Gasteiger charge is 2.31. The molecule has 0 saturated carbocycles. The predicted octanol–water partition coefficient (Wildman–Crippen LogP) is 3.43.